The summed E-state index contributed by atoms with van der Waals surface area (Å²) in [6, 6.07) is 10.5. The van der Waals surface area contributed by atoms with Crippen LogP contribution in [0.5, 0.6) is 5.75 Å². The monoisotopic (exact) mass is 581 g/mol. The maximum Gasteiger partial charge on any atom is 0.394 e. The number of Topliss-reactive ketones (excluding diaryl/α,β-unsaturated/α-hetero) is 1. The molecule has 1 spiro atoms. The highest BCUT2D eigenvalue weighted by Gasteiger charge is 2.53. The van der Waals surface area contributed by atoms with E-state index < -0.39 is 31.9 Å². The van der Waals surface area contributed by atoms with Crippen molar-refractivity contribution in [1.29, 1.82) is 0 Å². The van der Waals surface area contributed by atoms with Crippen LogP contribution in [0.1, 0.15) is 51.1 Å². The summed E-state index contributed by atoms with van der Waals surface area (Å²) in [7, 11) is -8.14. The van der Waals surface area contributed by atoms with Crippen molar-refractivity contribution in [3.63, 3.8) is 0 Å². The number of hydrogen-bond donors (Lipinski definition) is 5. The molecular weight excluding hydrogens is 550 g/mol. The molecule has 1 fully saturated rings. The summed E-state index contributed by atoms with van der Waals surface area (Å²) < 4.78 is 64.1. The number of piperidine rings is 1. The van der Waals surface area contributed by atoms with Gasteiger partial charge < -0.3 is 15.8 Å². The van der Waals surface area contributed by atoms with Gasteiger partial charge in [-0.15, -0.1) is 0 Å². The fraction of sp³-hybridized carbons (Fsp3) is 0.440. The first-order valence-electron chi connectivity index (χ1n) is 12.3. The van der Waals surface area contributed by atoms with Gasteiger partial charge in [0.15, 0.2) is 5.78 Å². The minimum atomic E-state index is -4.67. The molecule has 3 aliphatic rings. The van der Waals surface area contributed by atoms with Crippen LogP contribution in [0.25, 0.3) is 0 Å². The number of amides is 1. The maximum absolute atomic E-state index is 14.0. The van der Waals surface area contributed by atoms with Crippen molar-refractivity contribution in [3.8, 4) is 5.75 Å². The van der Waals surface area contributed by atoms with Gasteiger partial charge in [-0.1, -0.05) is 6.07 Å². The Balaban J connectivity index is 0.000000648. The highest BCUT2D eigenvalue weighted by atomic mass is 32.3. The first-order valence-corrected chi connectivity index (χ1v) is 15.6. The molecule has 6 N–H and O–H groups in total. The second kappa shape index (κ2) is 10.8. The molecule has 12 nitrogen and oxygen atoms in total. The third kappa shape index (κ3) is 6.94. The number of aryl methyl sites for hydroxylation is 1. The Kier molecular flexibility index (Phi) is 8.06. The zero-order chi connectivity index (χ0) is 28.6. The highest BCUT2D eigenvalue weighted by molar-refractivity contribution is 7.92. The number of carbonyl (C=O) groups is 2. The van der Waals surface area contributed by atoms with Crippen molar-refractivity contribution >= 4 is 37.8 Å². The van der Waals surface area contributed by atoms with Crippen molar-refractivity contribution in [3.05, 3.63) is 58.7 Å². The SMILES string of the molecule is CS(=O)(=O)Nc1ccc2c(c1)C(=O)C(C1CCc3cc(C(N)=O)ccc3C1)C1(CCNCC1)O2.O=S(=O)(O)O. The van der Waals surface area contributed by atoms with Crippen molar-refractivity contribution < 1.29 is 40.3 Å². The van der Waals surface area contributed by atoms with Gasteiger partial charge in [0, 0.05) is 24.1 Å². The summed E-state index contributed by atoms with van der Waals surface area (Å²) in [5, 5.41) is 3.37. The highest BCUT2D eigenvalue weighted by Crippen LogP contribution is 2.48. The average Bonchev–Trinajstić information content (AvgIpc) is 2.83. The molecule has 212 valence electrons. The minimum absolute atomic E-state index is 0.0162. The van der Waals surface area contributed by atoms with Crippen LogP contribution in [0.15, 0.2) is 36.4 Å². The van der Waals surface area contributed by atoms with E-state index in [1.54, 1.807) is 24.3 Å². The van der Waals surface area contributed by atoms with E-state index in [0.717, 1.165) is 62.6 Å². The second-order valence-corrected chi connectivity index (χ2v) is 12.8. The molecule has 1 saturated heterocycles. The van der Waals surface area contributed by atoms with Gasteiger partial charge in [-0.25, -0.2) is 8.42 Å². The molecule has 14 heteroatoms. The standard InChI is InChI=1S/C25H29N3O5S.H2O4S/c1-34(31,32)28-19-6-7-21-20(14-19)23(29)22(25(33-21)8-10-27-11-9-25)17-4-2-16-13-18(24(26)30)5-3-15(16)12-17;1-5(2,3)4/h3,5-7,13-14,17,22,27-28H,2,4,8-12H2,1H3,(H2,26,30);(H2,1,2,3,4). The normalized spacial score (nSPS) is 22.0. The summed E-state index contributed by atoms with van der Waals surface area (Å²) in [5.41, 5.74) is 8.39. The molecule has 2 atom stereocenters. The number of nitrogens with one attached hydrogen (secondary N) is 2. The number of fused-ring (bicyclic) bond motifs is 2. The third-order valence-corrected chi connectivity index (χ3v) is 8.00. The summed E-state index contributed by atoms with van der Waals surface area (Å²) in [6.45, 7) is 1.55. The molecule has 39 heavy (non-hydrogen) atoms. The van der Waals surface area contributed by atoms with Crippen LogP contribution in [-0.4, -0.2) is 62.6 Å². The van der Waals surface area contributed by atoms with Crippen molar-refractivity contribution in [2.75, 3.05) is 24.1 Å². The van der Waals surface area contributed by atoms with E-state index >= 15 is 0 Å². The fourth-order valence-corrected chi connectivity index (χ4v) is 6.46. The number of hydrogen-bond acceptors (Lipinski definition) is 8. The quantitative estimate of drug-likeness (QED) is 0.330. The van der Waals surface area contributed by atoms with E-state index in [1.807, 2.05) is 12.1 Å². The van der Waals surface area contributed by atoms with Crippen LogP contribution in [0, 0.1) is 11.8 Å². The Morgan fingerprint density at radius 2 is 1.74 bits per heavy atom. The predicted octanol–water partition coefficient (Wildman–Crippen LogP) is 1.62. The third-order valence-electron chi connectivity index (χ3n) is 7.39. The number of nitrogens with two attached hydrogens (primary N) is 1. The number of carbonyl (C=O) groups excluding carboxylic acids is 2. The topological polar surface area (TPSA) is 202 Å². The first kappa shape index (κ1) is 29.0. The van der Waals surface area contributed by atoms with Crippen LogP contribution in [0.3, 0.4) is 0 Å². The van der Waals surface area contributed by atoms with Crippen molar-refractivity contribution in [2.24, 2.45) is 17.6 Å². The Hall–Kier alpha value is -3.04. The molecule has 5 rings (SSSR count). The van der Waals surface area contributed by atoms with Gasteiger partial charge in [-0.2, -0.15) is 8.42 Å². The lowest BCUT2D eigenvalue weighted by atomic mass is 9.64. The number of benzene rings is 2. The number of ketones is 1. The summed E-state index contributed by atoms with van der Waals surface area (Å²) >= 11 is 0. The molecule has 0 bridgehead atoms. The lowest BCUT2D eigenvalue weighted by Gasteiger charge is -2.49. The summed E-state index contributed by atoms with van der Waals surface area (Å²) in [5.74, 6) is -0.159. The van der Waals surface area contributed by atoms with E-state index in [2.05, 4.69) is 10.0 Å². The van der Waals surface area contributed by atoms with Crippen molar-refractivity contribution in [2.45, 2.75) is 37.7 Å². The number of anilines is 1. The van der Waals surface area contributed by atoms with Crippen LogP contribution in [0.2, 0.25) is 0 Å². The average molecular weight is 582 g/mol. The molecule has 0 aromatic heterocycles. The Morgan fingerprint density at radius 1 is 1.08 bits per heavy atom. The van der Waals surface area contributed by atoms with E-state index in [-0.39, 0.29) is 17.6 Å². The Bertz CT molecular complexity index is 1490. The van der Waals surface area contributed by atoms with Gasteiger partial charge in [-0.3, -0.25) is 23.4 Å². The number of rotatable bonds is 4. The van der Waals surface area contributed by atoms with E-state index in [1.165, 1.54) is 0 Å². The number of sulfonamides is 1. The zero-order valence-corrected chi connectivity index (χ0v) is 22.8. The van der Waals surface area contributed by atoms with Gasteiger partial charge in [0.1, 0.15) is 11.4 Å². The molecule has 0 radical (unpaired) electrons. The molecule has 2 aromatic rings. The Labute approximate surface area is 226 Å². The van der Waals surface area contributed by atoms with E-state index in [9.17, 15) is 18.0 Å². The molecule has 0 saturated carbocycles. The molecule has 2 aliphatic heterocycles. The van der Waals surface area contributed by atoms with Gasteiger partial charge in [0.05, 0.1) is 17.7 Å². The van der Waals surface area contributed by atoms with Crippen LogP contribution in [0.4, 0.5) is 5.69 Å². The van der Waals surface area contributed by atoms with Gasteiger partial charge in [-0.05, 0) is 79.7 Å². The van der Waals surface area contributed by atoms with Gasteiger partial charge in [0.2, 0.25) is 15.9 Å². The second-order valence-electron chi connectivity index (χ2n) is 10.1. The fourth-order valence-electron chi connectivity index (χ4n) is 5.91. The minimum Gasteiger partial charge on any atom is -0.486 e. The lowest BCUT2D eigenvalue weighted by Crippen LogP contribution is -2.58. The summed E-state index contributed by atoms with van der Waals surface area (Å²) in [6.07, 6.45) is 4.84. The zero-order valence-electron chi connectivity index (χ0n) is 21.2. The molecule has 1 amide bonds. The largest absolute Gasteiger partial charge is 0.486 e. The van der Waals surface area contributed by atoms with Gasteiger partial charge in [0.25, 0.3) is 0 Å². The first-order chi connectivity index (χ1) is 18.2. The number of ether oxygens (including phenoxy) is 1. The molecule has 2 heterocycles. The van der Waals surface area contributed by atoms with Gasteiger partial charge >= 0.3 is 10.4 Å². The van der Waals surface area contributed by atoms with Crippen molar-refractivity contribution in [1.82, 2.24) is 5.32 Å². The summed E-state index contributed by atoms with van der Waals surface area (Å²) in [4.78, 5) is 25.6. The maximum atomic E-state index is 14.0. The van der Waals surface area contributed by atoms with Crippen LogP contribution < -0.4 is 20.5 Å². The predicted molar refractivity (Wildman–Crippen MR) is 143 cm³/mol. The molecular formula is C25H31N3O9S2. The van der Waals surface area contributed by atoms with E-state index in [4.69, 9.17) is 28.0 Å². The molecule has 1 aliphatic carbocycles. The van der Waals surface area contributed by atoms with Crippen LogP contribution in [-0.2, 0) is 33.3 Å². The van der Waals surface area contributed by atoms with E-state index in [0.29, 0.717) is 22.6 Å². The smallest absolute Gasteiger partial charge is 0.394 e. The lowest BCUT2D eigenvalue weighted by molar-refractivity contribution is -0.0417. The van der Waals surface area contributed by atoms with Crippen LogP contribution >= 0.6 is 0 Å². The molecule has 2 unspecified atom stereocenters. The number of primary amides is 1. The Morgan fingerprint density at radius 3 is 2.36 bits per heavy atom. The molecule has 2 aromatic carbocycles.